The maximum atomic E-state index is 4.11. The standard InChI is InChI=1S/C12H10BrN3/c13-11-6-2-1-5-10(11)9-15-16-12-7-3-4-8-14-12/h1-9H,(H,14,16)/b15-9+. The van der Waals surface area contributed by atoms with Crippen LogP contribution in [0, 0.1) is 0 Å². The van der Waals surface area contributed by atoms with E-state index in [-0.39, 0.29) is 0 Å². The van der Waals surface area contributed by atoms with E-state index in [4.69, 9.17) is 0 Å². The minimum atomic E-state index is 0.728. The summed E-state index contributed by atoms with van der Waals surface area (Å²) in [6.07, 6.45) is 3.47. The average Bonchev–Trinajstić information content (AvgIpc) is 2.33. The van der Waals surface area contributed by atoms with E-state index in [9.17, 15) is 0 Å². The number of halogens is 1. The number of nitrogens with zero attached hydrogens (tertiary/aromatic N) is 2. The summed E-state index contributed by atoms with van der Waals surface area (Å²) in [5.41, 5.74) is 3.88. The lowest BCUT2D eigenvalue weighted by atomic mass is 10.2. The van der Waals surface area contributed by atoms with Crippen molar-refractivity contribution in [2.45, 2.75) is 0 Å². The van der Waals surface area contributed by atoms with Gasteiger partial charge < -0.3 is 0 Å². The molecule has 2 rings (SSSR count). The Morgan fingerprint density at radius 3 is 2.69 bits per heavy atom. The van der Waals surface area contributed by atoms with E-state index in [2.05, 4.69) is 31.4 Å². The normalized spacial score (nSPS) is 10.6. The highest BCUT2D eigenvalue weighted by Gasteiger charge is 1.93. The molecule has 1 heterocycles. The monoisotopic (exact) mass is 275 g/mol. The fourth-order valence-corrected chi connectivity index (χ4v) is 1.56. The van der Waals surface area contributed by atoms with Crippen LogP contribution in [0.25, 0.3) is 0 Å². The van der Waals surface area contributed by atoms with Crippen LogP contribution in [0.5, 0.6) is 0 Å². The molecule has 0 aliphatic carbocycles. The number of pyridine rings is 1. The third kappa shape index (κ3) is 2.90. The first-order valence-electron chi connectivity index (χ1n) is 4.81. The molecule has 0 fully saturated rings. The average molecular weight is 276 g/mol. The minimum absolute atomic E-state index is 0.728. The van der Waals surface area contributed by atoms with Crippen LogP contribution in [-0.4, -0.2) is 11.2 Å². The second-order valence-electron chi connectivity index (χ2n) is 3.11. The summed E-state index contributed by atoms with van der Waals surface area (Å²) in [4.78, 5) is 4.10. The van der Waals surface area contributed by atoms with Gasteiger partial charge in [0.1, 0.15) is 5.82 Å². The fraction of sp³-hybridized carbons (Fsp3) is 0. The van der Waals surface area contributed by atoms with Crippen molar-refractivity contribution in [3.05, 3.63) is 58.7 Å². The van der Waals surface area contributed by atoms with Crippen molar-refractivity contribution in [3.63, 3.8) is 0 Å². The van der Waals surface area contributed by atoms with Gasteiger partial charge in [0.25, 0.3) is 0 Å². The second-order valence-corrected chi connectivity index (χ2v) is 3.96. The Morgan fingerprint density at radius 2 is 1.94 bits per heavy atom. The van der Waals surface area contributed by atoms with E-state index in [0.29, 0.717) is 0 Å². The molecule has 3 nitrogen and oxygen atoms in total. The van der Waals surface area contributed by atoms with Crippen molar-refractivity contribution in [1.82, 2.24) is 4.98 Å². The first-order valence-corrected chi connectivity index (χ1v) is 5.60. The highest BCUT2D eigenvalue weighted by atomic mass is 79.9. The molecule has 0 atom stereocenters. The van der Waals surface area contributed by atoms with Gasteiger partial charge in [0, 0.05) is 16.2 Å². The molecule has 0 unspecified atom stereocenters. The Hall–Kier alpha value is -1.68. The lowest BCUT2D eigenvalue weighted by Crippen LogP contribution is -1.92. The number of benzene rings is 1. The summed E-state index contributed by atoms with van der Waals surface area (Å²) in [5.74, 6) is 0.728. The zero-order valence-electron chi connectivity index (χ0n) is 8.47. The summed E-state index contributed by atoms with van der Waals surface area (Å²) >= 11 is 3.45. The van der Waals surface area contributed by atoms with Crippen molar-refractivity contribution < 1.29 is 0 Å². The summed E-state index contributed by atoms with van der Waals surface area (Å²) < 4.78 is 1.02. The molecule has 1 N–H and O–H groups in total. The summed E-state index contributed by atoms with van der Waals surface area (Å²) in [6, 6.07) is 13.5. The maximum Gasteiger partial charge on any atom is 0.146 e. The van der Waals surface area contributed by atoms with Crippen LogP contribution >= 0.6 is 15.9 Å². The SMILES string of the molecule is Brc1ccccc1/C=N/Nc1ccccn1. The molecular formula is C12H10BrN3. The van der Waals surface area contributed by atoms with Crippen LogP contribution in [0.4, 0.5) is 5.82 Å². The van der Waals surface area contributed by atoms with Crippen molar-refractivity contribution >= 4 is 28.0 Å². The molecule has 0 radical (unpaired) electrons. The maximum absolute atomic E-state index is 4.11. The predicted molar refractivity (Wildman–Crippen MR) is 69.6 cm³/mol. The van der Waals surface area contributed by atoms with Crippen molar-refractivity contribution in [2.75, 3.05) is 5.43 Å². The van der Waals surface area contributed by atoms with Gasteiger partial charge >= 0.3 is 0 Å². The zero-order chi connectivity index (χ0) is 11.2. The number of anilines is 1. The highest BCUT2D eigenvalue weighted by molar-refractivity contribution is 9.10. The molecular weight excluding hydrogens is 266 g/mol. The van der Waals surface area contributed by atoms with Crippen LogP contribution in [0.3, 0.4) is 0 Å². The quantitative estimate of drug-likeness (QED) is 0.690. The van der Waals surface area contributed by atoms with Gasteiger partial charge in [-0.1, -0.05) is 40.2 Å². The van der Waals surface area contributed by atoms with Gasteiger partial charge in [0.15, 0.2) is 0 Å². The third-order valence-electron chi connectivity index (χ3n) is 1.95. The Kier molecular flexibility index (Phi) is 3.66. The van der Waals surface area contributed by atoms with Crippen LogP contribution < -0.4 is 5.43 Å². The molecule has 2 aromatic rings. The van der Waals surface area contributed by atoms with Gasteiger partial charge in [-0.25, -0.2) is 4.98 Å². The number of hydrogen-bond acceptors (Lipinski definition) is 3. The van der Waals surface area contributed by atoms with Crippen LogP contribution in [0.2, 0.25) is 0 Å². The smallest absolute Gasteiger partial charge is 0.146 e. The third-order valence-corrected chi connectivity index (χ3v) is 2.68. The van der Waals surface area contributed by atoms with E-state index < -0.39 is 0 Å². The van der Waals surface area contributed by atoms with Crippen molar-refractivity contribution in [3.8, 4) is 0 Å². The van der Waals surface area contributed by atoms with Crippen molar-refractivity contribution in [2.24, 2.45) is 5.10 Å². The lowest BCUT2D eigenvalue weighted by molar-refractivity contribution is 1.23. The van der Waals surface area contributed by atoms with E-state index in [1.54, 1.807) is 12.4 Å². The molecule has 0 aliphatic heterocycles. The largest absolute Gasteiger partial charge is 0.261 e. The molecule has 4 heteroatoms. The summed E-state index contributed by atoms with van der Waals surface area (Å²) in [6.45, 7) is 0. The molecule has 1 aromatic heterocycles. The van der Waals surface area contributed by atoms with Gasteiger partial charge in [-0.15, -0.1) is 0 Å². The minimum Gasteiger partial charge on any atom is -0.261 e. The molecule has 0 saturated carbocycles. The van der Waals surface area contributed by atoms with E-state index in [0.717, 1.165) is 15.9 Å². The topological polar surface area (TPSA) is 37.3 Å². The molecule has 0 aliphatic rings. The summed E-state index contributed by atoms with van der Waals surface area (Å²) in [5, 5.41) is 4.11. The fourth-order valence-electron chi connectivity index (χ4n) is 1.18. The number of hydrazone groups is 1. The number of hydrogen-bond donors (Lipinski definition) is 1. The molecule has 16 heavy (non-hydrogen) atoms. The Morgan fingerprint density at radius 1 is 1.12 bits per heavy atom. The van der Waals surface area contributed by atoms with Gasteiger partial charge in [-0.3, -0.25) is 5.43 Å². The molecule has 0 bridgehead atoms. The van der Waals surface area contributed by atoms with Gasteiger partial charge in [0.2, 0.25) is 0 Å². The molecule has 80 valence electrons. The summed E-state index contributed by atoms with van der Waals surface area (Å²) in [7, 11) is 0. The Labute approximate surface area is 102 Å². The second kappa shape index (κ2) is 5.42. The first-order chi connectivity index (χ1) is 7.86. The van der Waals surface area contributed by atoms with Crippen LogP contribution in [0.1, 0.15) is 5.56 Å². The van der Waals surface area contributed by atoms with E-state index in [1.807, 2.05) is 42.5 Å². The Balaban J connectivity index is 2.03. The van der Waals surface area contributed by atoms with E-state index in [1.165, 1.54) is 0 Å². The van der Waals surface area contributed by atoms with Crippen molar-refractivity contribution in [1.29, 1.82) is 0 Å². The lowest BCUT2D eigenvalue weighted by Gasteiger charge is -1.98. The highest BCUT2D eigenvalue weighted by Crippen LogP contribution is 2.13. The zero-order valence-corrected chi connectivity index (χ0v) is 10.1. The van der Waals surface area contributed by atoms with Crippen LogP contribution in [0.15, 0.2) is 58.2 Å². The predicted octanol–water partition coefficient (Wildman–Crippen LogP) is 3.29. The molecule has 0 saturated heterocycles. The van der Waals surface area contributed by atoms with Crippen LogP contribution in [-0.2, 0) is 0 Å². The molecule has 1 aromatic carbocycles. The Bertz CT molecular complexity index is 483. The number of aromatic nitrogens is 1. The van der Waals surface area contributed by atoms with Gasteiger partial charge in [0.05, 0.1) is 6.21 Å². The number of rotatable bonds is 3. The first kappa shape index (κ1) is 10.8. The van der Waals surface area contributed by atoms with E-state index >= 15 is 0 Å². The van der Waals surface area contributed by atoms with Gasteiger partial charge in [-0.05, 0) is 18.2 Å². The molecule has 0 spiro atoms. The number of nitrogens with one attached hydrogen (secondary N) is 1. The molecule has 0 amide bonds. The van der Waals surface area contributed by atoms with Gasteiger partial charge in [-0.2, -0.15) is 5.10 Å².